The summed E-state index contributed by atoms with van der Waals surface area (Å²) in [5.41, 5.74) is 0. The Labute approximate surface area is 85.2 Å². The lowest BCUT2D eigenvalue weighted by atomic mass is 10.2. The fourth-order valence-corrected chi connectivity index (χ4v) is 1.58. The molecular formula is C8H18N2O3S. The molecule has 0 spiro atoms. The smallest absolute Gasteiger partial charge is 0.235 e. The number of carbonyl (C=O) groups excluding carboxylic acids is 1. The summed E-state index contributed by atoms with van der Waals surface area (Å²) in [6.07, 6.45) is 1.05. The molecule has 84 valence electrons. The van der Waals surface area contributed by atoms with Crippen LogP contribution < -0.4 is 10.6 Å². The van der Waals surface area contributed by atoms with Crippen molar-refractivity contribution in [3.63, 3.8) is 0 Å². The lowest BCUT2D eigenvalue weighted by Gasteiger charge is -2.11. The van der Waals surface area contributed by atoms with Gasteiger partial charge >= 0.3 is 0 Å². The van der Waals surface area contributed by atoms with Crippen molar-refractivity contribution in [1.82, 2.24) is 10.6 Å². The second-order valence-electron chi connectivity index (χ2n) is 3.54. The molecule has 0 fully saturated rings. The van der Waals surface area contributed by atoms with E-state index in [0.29, 0.717) is 12.5 Å². The normalized spacial score (nSPS) is 13.6. The molecule has 0 bridgehead atoms. The van der Waals surface area contributed by atoms with Crippen LogP contribution in [0.5, 0.6) is 0 Å². The van der Waals surface area contributed by atoms with Crippen LogP contribution in [0.2, 0.25) is 0 Å². The van der Waals surface area contributed by atoms with Crippen LogP contribution >= 0.6 is 0 Å². The van der Waals surface area contributed by atoms with Gasteiger partial charge in [-0.2, -0.15) is 0 Å². The highest BCUT2D eigenvalue weighted by Gasteiger charge is 2.11. The average molecular weight is 222 g/mol. The van der Waals surface area contributed by atoms with Crippen molar-refractivity contribution in [2.75, 3.05) is 32.1 Å². The van der Waals surface area contributed by atoms with E-state index in [0.717, 1.165) is 12.8 Å². The molecule has 2 N–H and O–H groups in total. The molecule has 5 nitrogen and oxygen atoms in total. The molecular weight excluding hydrogens is 204 g/mol. The van der Waals surface area contributed by atoms with Crippen LogP contribution in [0.25, 0.3) is 0 Å². The minimum Gasteiger partial charge on any atom is -0.355 e. The van der Waals surface area contributed by atoms with Gasteiger partial charge < -0.3 is 10.6 Å². The third-order valence-electron chi connectivity index (χ3n) is 1.59. The maximum absolute atomic E-state index is 11.1. The first-order valence-corrected chi connectivity index (χ1v) is 6.50. The second-order valence-corrected chi connectivity index (χ2v) is 5.68. The van der Waals surface area contributed by atoms with Gasteiger partial charge in [0.15, 0.2) is 9.84 Å². The standard InChI is InChI=1S/C8H18N2O3S/c1-7(4-9-2)5-10-8(11)6-14(3,12)13/h7,9H,4-6H2,1-3H3,(H,10,11). The molecule has 0 heterocycles. The summed E-state index contributed by atoms with van der Waals surface area (Å²) in [5.74, 6) is -0.571. The molecule has 0 aliphatic carbocycles. The maximum Gasteiger partial charge on any atom is 0.235 e. The van der Waals surface area contributed by atoms with Crippen LogP contribution in [0.3, 0.4) is 0 Å². The zero-order valence-electron chi connectivity index (χ0n) is 8.83. The highest BCUT2D eigenvalue weighted by Crippen LogP contribution is 1.89. The van der Waals surface area contributed by atoms with E-state index in [1.165, 1.54) is 0 Å². The summed E-state index contributed by atoms with van der Waals surface area (Å²) >= 11 is 0. The summed E-state index contributed by atoms with van der Waals surface area (Å²) < 4.78 is 21.5. The largest absolute Gasteiger partial charge is 0.355 e. The van der Waals surface area contributed by atoms with Gasteiger partial charge in [-0.1, -0.05) is 6.92 Å². The summed E-state index contributed by atoms with van der Waals surface area (Å²) in [5, 5.41) is 5.54. The lowest BCUT2D eigenvalue weighted by molar-refractivity contribution is -0.118. The van der Waals surface area contributed by atoms with Gasteiger partial charge in [0.25, 0.3) is 0 Å². The van der Waals surface area contributed by atoms with Crippen LogP contribution in [0, 0.1) is 5.92 Å². The Bertz CT molecular complexity index is 274. The Morgan fingerprint density at radius 1 is 1.36 bits per heavy atom. The van der Waals surface area contributed by atoms with Crippen molar-refractivity contribution >= 4 is 15.7 Å². The van der Waals surface area contributed by atoms with Gasteiger partial charge in [0.05, 0.1) is 0 Å². The van der Waals surface area contributed by atoms with Crippen LogP contribution in [0.1, 0.15) is 6.92 Å². The minimum absolute atomic E-state index is 0.295. The molecule has 1 atom stereocenters. The fourth-order valence-electron chi connectivity index (χ4n) is 0.998. The third kappa shape index (κ3) is 8.00. The number of carbonyl (C=O) groups is 1. The van der Waals surface area contributed by atoms with Crippen LogP contribution in [-0.4, -0.2) is 46.5 Å². The SMILES string of the molecule is CNCC(C)CNC(=O)CS(C)(=O)=O. The number of hydrogen-bond acceptors (Lipinski definition) is 4. The fraction of sp³-hybridized carbons (Fsp3) is 0.875. The molecule has 0 saturated heterocycles. The summed E-state index contributed by atoms with van der Waals surface area (Å²) in [6, 6.07) is 0. The summed E-state index contributed by atoms with van der Waals surface area (Å²) in [6.45, 7) is 3.26. The highest BCUT2D eigenvalue weighted by atomic mass is 32.2. The zero-order chi connectivity index (χ0) is 11.2. The lowest BCUT2D eigenvalue weighted by Crippen LogP contribution is -2.35. The van der Waals surface area contributed by atoms with E-state index >= 15 is 0 Å². The monoisotopic (exact) mass is 222 g/mol. The second kappa shape index (κ2) is 5.98. The van der Waals surface area contributed by atoms with Gasteiger partial charge in [-0.25, -0.2) is 8.42 Å². The van der Waals surface area contributed by atoms with Crippen molar-refractivity contribution < 1.29 is 13.2 Å². The molecule has 0 aromatic carbocycles. The van der Waals surface area contributed by atoms with E-state index < -0.39 is 21.5 Å². The Morgan fingerprint density at radius 2 is 1.93 bits per heavy atom. The number of sulfone groups is 1. The van der Waals surface area contributed by atoms with Gasteiger partial charge in [0.2, 0.25) is 5.91 Å². The van der Waals surface area contributed by atoms with Crippen molar-refractivity contribution in [3.05, 3.63) is 0 Å². The molecule has 0 aliphatic rings. The maximum atomic E-state index is 11.1. The van der Waals surface area contributed by atoms with Crippen molar-refractivity contribution in [1.29, 1.82) is 0 Å². The van der Waals surface area contributed by atoms with Crippen LogP contribution in [0.15, 0.2) is 0 Å². The van der Waals surface area contributed by atoms with E-state index in [2.05, 4.69) is 10.6 Å². The molecule has 0 aromatic rings. The van der Waals surface area contributed by atoms with E-state index in [-0.39, 0.29) is 0 Å². The van der Waals surface area contributed by atoms with Crippen LogP contribution in [-0.2, 0) is 14.6 Å². The first-order valence-electron chi connectivity index (χ1n) is 4.44. The zero-order valence-corrected chi connectivity index (χ0v) is 9.65. The predicted octanol–water partition coefficient (Wildman–Crippen LogP) is -0.997. The van der Waals surface area contributed by atoms with E-state index in [1.54, 1.807) is 0 Å². The molecule has 6 heteroatoms. The molecule has 14 heavy (non-hydrogen) atoms. The Kier molecular flexibility index (Phi) is 5.71. The van der Waals surface area contributed by atoms with E-state index in [9.17, 15) is 13.2 Å². The number of nitrogens with one attached hydrogen (secondary N) is 2. The van der Waals surface area contributed by atoms with Crippen molar-refractivity contribution in [3.8, 4) is 0 Å². The molecule has 1 amide bonds. The highest BCUT2D eigenvalue weighted by molar-refractivity contribution is 7.91. The Hall–Kier alpha value is -0.620. The van der Waals surface area contributed by atoms with Crippen molar-refractivity contribution in [2.24, 2.45) is 5.92 Å². The van der Waals surface area contributed by atoms with Gasteiger partial charge in [-0.3, -0.25) is 4.79 Å². The van der Waals surface area contributed by atoms with Crippen molar-refractivity contribution in [2.45, 2.75) is 6.92 Å². The first kappa shape index (κ1) is 13.4. The number of amides is 1. The predicted molar refractivity (Wildman–Crippen MR) is 55.8 cm³/mol. The molecule has 0 aliphatic heterocycles. The van der Waals surface area contributed by atoms with Gasteiger partial charge in [0, 0.05) is 12.8 Å². The summed E-state index contributed by atoms with van der Waals surface area (Å²) in [4.78, 5) is 11.1. The molecule has 0 rings (SSSR count). The Balaban J connectivity index is 3.75. The number of rotatable bonds is 6. The third-order valence-corrected chi connectivity index (χ3v) is 2.38. The number of hydrogen-bond donors (Lipinski definition) is 2. The van der Waals surface area contributed by atoms with E-state index in [4.69, 9.17) is 0 Å². The summed E-state index contributed by atoms with van der Waals surface area (Å²) in [7, 11) is -1.38. The minimum atomic E-state index is -3.21. The molecule has 0 aromatic heterocycles. The molecule has 0 radical (unpaired) electrons. The molecule has 1 unspecified atom stereocenters. The topological polar surface area (TPSA) is 75.3 Å². The first-order chi connectivity index (χ1) is 6.35. The van der Waals surface area contributed by atoms with Gasteiger partial charge in [-0.05, 0) is 19.5 Å². The average Bonchev–Trinajstić information content (AvgIpc) is 1.98. The quantitative estimate of drug-likeness (QED) is 0.604. The van der Waals surface area contributed by atoms with E-state index in [1.807, 2.05) is 14.0 Å². The van der Waals surface area contributed by atoms with Gasteiger partial charge in [-0.15, -0.1) is 0 Å². The Morgan fingerprint density at radius 3 is 2.36 bits per heavy atom. The van der Waals surface area contributed by atoms with Crippen LogP contribution in [0.4, 0.5) is 0 Å². The van der Waals surface area contributed by atoms with Gasteiger partial charge in [0.1, 0.15) is 5.75 Å². The molecule has 0 saturated carbocycles.